The van der Waals surface area contributed by atoms with Crippen molar-refractivity contribution in [1.82, 2.24) is 4.90 Å². The molecular weight excluding hydrogens is 451 g/mol. The maximum atomic E-state index is 11.3. The molecule has 0 N–H and O–H groups in total. The molecule has 0 aromatic rings. The topological polar surface area (TPSA) is 60.1 Å². The first-order valence-corrected chi connectivity index (χ1v) is 25.8. The Kier molecular flexibility index (Phi) is 11.4. The van der Waals surface area contributed by atoms with Crippen molar-refractivity contribution in [2.24, 2.45) is 0 Å². The summed E-state index contributed by atoms with van der Waals surface area (Å²) in [4.78, 5) is 2.12. The lowest BCUT2D eigenvalue weighted by Crippen LogP contribution is -2.58. The average Bonchev–Trinajstić information content (AvgIpc) is 2.28. The van der Waals surface area contributed by atoms with Gasteiger partial charge in [0.25, 0.3) is 0 Å². The number of likely N-dealkylation sites (N-methyl/N-ethyl adjacent to an activating group) is 1. The van der Waals surface area contributed by atoms with Crippen molar-refractivity contribution in [2.45, 2.75) is 97.5 Å². The second-order valence-corrected chi connectivity index (χ2v) is 31.1. The lowest BCUT2D eigenvalue weighted by molar-refractivity contribution is 0.0729. The van der Waals surface area contributed by atoms with E-state index in [0.717, 1.165) is 19.0 Å². The SMILES string of the molecule is CC([O])CN(C)CCC[Si](C)(C)O[Si](C)(C)O[Si](C)(C)O[Si](C)(C)O[Si](C)(C)C. The summed E-state index contributed by atoms with van der Waals surface area (Å²) in [5.74, 6) is 0. The molecule has 0 aliphatic heterocycles. The number of hydrogen-bond acceptors (Lipinski definition) is 5. The Morgan fingerprint density at radius 1 is 0.724 bits per heavy atom. The van der Waals surface area contributed by atoms with Gasteiger partial charge in [0, 0.05) is 6.54 Å². The number of nitrogens with zero attached hydrogens (tertiary/aromatic N) is 1. The molecule has 0 aliphatic carbocycles. The Labute approximate surface area is 186 Å². The van der Waals surface area contributed by atoms with E-state index in [2.05, 4.69) is 76.9 Å². The monoisotopic (exact) mass is 498 g/mol. The largest absolute Gasteiger partial charge is 0.437 e. The smallest absolute Gasteiger partial charge is 0.314 e. The summed E-state index contributed by atoms with van der Waals surface area (Å²) in [5.41, 5.74) is 0. The Morgan fingerprint density at radius 3 is 1.55 bits per heavy atom. The maximum Gasteiger partial charge on any atom is 0.314 e. The highest BCUT2D eigenvalue weighted by Crippen LogP contribution is 2.27. The average molecular weight is 499 g/mol. The van der Waals surface area contributed by atoms with Crippen LogP contribution in [0.15, 0.2) is 0 Å². The van der Waals surface area contributed by atoms with Gasteiger partial charge in [-0.15, -0.1) is 0 Å². The molecule has 11 heteroatoms. The zero-order valence-electron chi connectivity index (χ0n) is 21.4. The van der Waals surface area contributed by atoms with Gasteiger partial charge in [0.15, 0.2) is 16.6 Å². The van der Waals surface area contributed by atoms with Gasteiger partial charge in [-0.3, -0.25) is 0 Å². The lowest BCUT2D eigenvalue weighted by Gasteiger charge is -2.42. The number of hydrogen-bond donors (Lipinski definition) is 0. The fourth-order valence-corrected chi connectivity index (χ4v) is 27.7. The Hall–Kier alpha value is 0.844. The Balaban J connectivity index is 4.77. The van der Waals surface area contributed by atoms with Crippen molar-refractivity contribution >= 4 is 42.3 Å². The van der Waals surface area contributed by atoms with Crippen LogP contribution in [-0.4, -0.2) is 73.5 Å². The van der Waals surface area contributed by atoms with E-state index >= 15 is 0 Å². The lowest BCUT2D eigenvalue weighted by atomic mass is 10.3. The summed E-state index contributed by atoms with van der Waals surface area (Å²) in [6.07, 6.45) is 0.514. The van der Waals surface area contributed by atoms with E-state index in [9.17, 15) is 5.11 Å². The first kappa shape index (κ1) is 29.8. The van der Waals surface area contributed by atoms with Crippen LogP contribution in [-0.2, 0) is 21.6 Å². The number of rotatable bonds is 14. The van der Waals surface area contributed by atoms with Gasteiger partial charge in [-0.1, -0.05) is 0 Å². The normalized spacial score (nSPS) is 15.8. The first-order valence-electron chi connectivity index (χ1n) is 10.8. The molecule has 0 amide bonds. The minimum atomic E-state index is -2.37. The zero-order chi connectivity index (χ0) is 23.3. The minimum Gasteiger partial charge on any atom is -0.437 e. The third-order valence-electron chi connectivity index (χ3n) is 3.94. The van der Waals surface area contributed by atoms with E-state index < -0.39 is 48.4 Å². The van der Waals surface area contributed by atoms with Crippen molar-refractivity contribution in [1.29, 1.82) is 0 Å². The van der Waals surface area contributed by atoms with Gasteiger partial charge in [0.2, 0.25) is 0 Å². The molecule has 1 atom stereocenters. The summed E-state index contributed by atoms with van der Waals surface area (Å²) in [5, 5.41) is 11.3. The van der Waals surface area contributed by atoms with Gasteiger partial charge in [0.05, 0.1) is 0 Å². The van der Waals surface area contributed by atoms with Gasteiger partial charge < -0.3 is 21.4 Å². The van der Waals surface area contributed by atoms with Crippen LogP contribution in [0.1, 0.15) is 13.3 Å². The van der Waals surface area contributed by atoms with E-state index in [4.69, 9.17) is 16.5 Å². The molecule has 0 spiro atoms. The highest BCUT2D eigenvalue weighted by atomic mass is 28.5. The molecule has 1 radical (unpaired) electrons. The molecule has 0 fully saturated rings. The zero-order valence-corrected chi connectivity index (χ0v) is 26.4. The second kappa shape index (κ2) is 11.1. The summed E-state index contributed by atoms with van der Waals surface area (Å²) >= 11 is 0. The summed E-state index contributed by atoms with van der Waals surface area (Å²) < 4.78 is 26.1. The molecule has 29 heavy (non-hydrogen) atoms. The molecule has 0 rings (SSSR count). The van der Waals surface area contributed by atoms with Crippen LogP contribution >= 0.6 is 0 Å². The van der Waals surface area contributed by atoms with Crippen molar-refractivity contribution in [3.63, 3.8) is 0 Å². The van der Waals surface area contributed by atoms with Gasteiger partial charge >= 0.3 is 25.7 Å². The second-order valence-electron chi connectivity index (χ2n) is 11.2. The highest BCUT2D eigenvalue weighted by Gasteiger charge is 2.45. The fourth-order valence-electron chi connectivity index (χ4n) is 4.01. The Morgan fingerprint density at radius 2 is 1.14 bits per heavy atom. The van der Waals surface area contributed by atoms with Gasteiger partial charge in [0.1, 0.15) is 6.10 Å². The molecule has 0 saturated carbocycles. The Bertz CT molecular complexity index is 496. The van der Waals surface area contributed by atoms with Crippen LogP contribution in [0.3, 0.4) is 0 Å². The van der Waals surface area contributed by atoms with Crippen molar-refractivity contribution in [3.05, 3.63) is 0 Å². The van der Waals surface area contributed by atoms with Crippen molar-refractivity contribution in [3.8, 4) is 0 Å². The summed E-state index contributed by atoms with van der Waals surface area (Å²) in [6, 6.07) is 1.06. The van der Waals surface area contributed by atoms with Gasteiger partial charge in [-0.05, 0) is 105 Å². The van der Waals surface area contributed by atoms with E-state index in [0.29, 0.717) is 6.54 Å². The van der Waals surface area contributed by atoms with E-state index in [1.807, 2.05) is 7.05 Å². The minimum absolute atomic E-state index is 0.536. The van der Waals surface area contributed by atoms with Gasteiger partial charge in [-0.25, -0.2) is 5.11 Å². The van der Waals surface area contributed by atoms with Crippen LogP contribution in [0, 0.1) is 0 Å². The summed E-state index contributed by atoms with van der Waals surface area (Å²) in [6.45, 7) is 27.1. The molecule has 6 nitrogen and oxygen atoms in total. The quantitative estimate of drug-likeness (QED) is 0.303. The predicted molar refractivity (Wildman–Crippen MR) is 135 cm³/mol. The molecule has 0 aromatic carbocycles. The molecule has 175 valence electrons. The van der Waals surface area contributed by atoms with E-state index in [-0.39, 0.29) is 0 Å². The predicted octanol–water partition coefficient (Wildman–Crippen LogP) is 5.34. The molecule has 1 unspecified atom stereocenters. The van der Waals surface area contributed by atoms with Crippen molar-refractivity contribution < 1.29 is 21.6 Å². The molecular formula is C18H48NO5Si5. The highest BCUT2D eigenvalue weighted by molar-refractivity contribution is 6.90. The molecule has 0 bridgehead atoms. The summed E-state index contributed by atoms with van der Waals surface area (Å²) in [7, 11) is -8.42. The van der Waals surface area contributed by atoms with Gasteiger partial charge in [-0.2, -0.15) is 0 Å². The van der Waals surface area contributed by atoms with Crippen molar-refractivity contribution in [2.75, 3.05) is 20.1 Å². The molecule has 0 saturated heterocycles. The molecule has 0 heterocycles. The third-order valence-corrected chi connectivity index (χ3v) is 22.0. The standard InChI is InChI=1S/C18H48NO5Si5/c1-18(20)17-19(2)15-14-16-26(6,7)22-28(10,11)24-29(12,13)23-27(8,9)21-25(3,4)5/h18H,14-17H2,1-13H3. The first-order chi connectivity index (χ1) is 12.6. The van der Waals surface area contributed by atoms with E-state index in [1.54, 1.807) is 6.92 Å². The molecule has 0 aromatic heterocycles. The van der Waals surface area contributed by atoms with Crippen LogP contribution in [0.25, 0.3) is 0 Å². The molecule has 0 aliphatic rings. The maximum absolute atomic E-state index is 11.3. The van der Waals surface area contributed by atoms with Crippen LogP contribution < -0.4 is 0 Å². The van der Waals surface area contributed by atoms with Crippen LogP contribution in [0.5, 0.6) is 0 Å². The van der Waals surface area contributed by atoms with E-state index in [1.165, 1.54) is 0 Å². The van der Waals surface area contributed by atoms with Crippen LogP contribution in [0.2, 0.25) is 78.1 Å². The van der Waals surface area contributed by atoms with Crippen LogP contribution in [0.4, 0.5) is 0 Å². The third kappa shape index (κ3) is 16.2. The fraction of sp³-hybridized carbons (Fsp3) is 1.00.